The summed E-state index contributed by atoms with van der Waals surface area (Å²) in [7, 11) is -2.17. The minimum atomic E-state index is -3.70. The second-order valence-corrected chi connectivity index (χ2v) is 9.03. The molecule has 0 spiro atoms. The fourth-order valence-corrected chi connectivity index (χ4v) is 4.34. The van der Waals surface area contributed by atoms with Gasteiger partial charge in [0, 0.05) is 18.3 Å². The van der Waals surface area contributed by atoms with Gasteiger partial charge in [-0.25, -0.2) is 8.42 Å². The van der Waals surface area contributed by atoms with Gasteiger partial charge in [0.2, 0.25) is 11.8 Å². The molecule has 30 heavy (non-hydrogen) atoms. The van der Waals surface area contributed by atoms with Gasteiger partial charge >= 0.3 is 0 Å². The van der Waals surface area contributed by atoms with Gasteiger partial charge in [0.15, 0.2) is 0 Å². The summed E-state index contributed by atoms with van der Waals surface area (Å²) in [6, 6.07) is 14.6. The Morgan fingerprint density at radius 2 is 1.70 bits per heavy atom. The Balaban J connectivity index is 1.77. The number of rotatable bonds is 6. The van der Waals surface area contributed by atoms with Gasteiger partial charge in [-0.15, -0.1) is 0 Å². The lowest BCUT2D eigenvalue weighted by Gasteiger charge is -2.23. The van der Waals surface area contributed by atoms with Gasteiger partial charge < -0.3 is 10.2 Å². The lowest BCUT2D eigenvalue weighted by atomic mass is 10.0. The second kappa shape index (κ2) is 8.66. The number of likely N-dealkylation sites (N-methyl/N-ethyl adjacent to an activating group) is 1. The maximum Gasteiger partial charge on any atom is 0.263 e. The van der Waals surface area contributed by atoms with E-state index in [1.54, 1.807) is 42.5 Å². The third-order valence-electron chi connectivity index (χ3n) is 4.63. The van der Waals surface area contributed by atoms with Crippen molar-refractivity contribution in [1.29, 1.82) is 0 Å². The largest absolute Gasteiger partial charge is 0.335 e. The smallest absolute Gasteiger partial charge is 0.263 e. The lowest BCUT2D eigenvalue weighted by Crippen LogP contribution is -2.43. The third kappa shape index (κ3) is 4.68. The van der Waals surface area contributed by atoms with Crippen LogP contribution >= 0.6 is 0 Å². The summed E-state index contributed by atoms with van der Waals surface area (Å²) in [5, 5.41) is 2.73. The molecule has 8 nitrogen and oxygen atoms in total. The summed E-state index contributed by atoms with van der Waals surface area (Å²) < 4.78 is 27.0. The molecule has 0 saturated heterocycles. The number of nitrogens with zero attached hydrogens (tertiary/aromatic N) is 2. The Bertz CT molecular complexity index is 1080. The zero-order valence-corrected chi connectivity index (χ0v) is 17.8. The molecule has 0 radical (unpaired) electrons. The van der Waals surface area contributed by atoms with Crippen LogP contribution in [0.5, 0.6) is 0 Å². The summed E-state index contributed by atoms with van der Waals surface area (Å²) in [6.45, 7) is 3.49. The van der Waals surface area contributed by atoms with Crippen LogP contribution in [0.2, 0.25) is 0 Å². The molecule has 158 valence electrons. The minimum absolute atomic E-state index is 0.134. The highest BCUT2D eigenvalue weighted by molar-refractivity contribution is 7.90. The molecule has 2 N–H and O–H groups in total. The van der Waals surface area contributed by atoms with E-state index in [-0.39, 0.29) is 35.0 Å². The monoisotopic (exact) mass is 428 g/mol. The first-order valence-electron chi connectivity index (χ1n) is 9.49. The summed E-state index contributed by atoms with van der Waals surface area (Å²) in [6.07, 6.45) is 0. The predicted octanol–water partition coefficient (Wildman–Crippen LogP) is 1.85. The summed E-state index contributed by atoms with van der Waals surface area (Å²) in [4.78, 5) is 31.1. The average molecular weight is 429 g/mol. The maximum absolute atomic E-state index is 13.0. The SMILES string of the molecule is CC(C)[C@H](N=C1NS(=O)(=O)c2ccccc21)C(=O)N(C)CC(=O)Nc1ccccc1. The van der Waals surface area contributed by atoms with Crippen molar-refractivity contribution in [3.63, 3.8) is 0 Å². The van der Waals surface area contributed by atoms with Gasteiger partial charge in [-0.3, -0.25) is 19.3 Å². The molecule has 1 heterocycles. The molecule has 0 aliphatic carbocycles. The number of hydrogen-bond donors (Lipinski definition) is 2. The van der Waals surface area contributed by atoms with E-state index in [9.17, 15) is 18.0 Å². The maximum atomic E-state index is 13.0. The van der Waals surface area contributed by atoms with Crippen LogP contribution in [0.4, 0.5) is 5.69 Å². The van der Waals surface area contributed by atoms with E-state index in [4.69, 9.17) is 0 Å². The first-order chi connectivity index (χ1) is 14.2. The fraction of sp³-hybridized carbons (Fsp3) is 0.286. The molecule has 2 aromatic rings. The molecular formula is C21H24N4O4S. The molecule has 0 saturated carbocycles. The van der Waals surface area contributed by atoms with Crippen molar-refractivity contribution in [2.45, 2.75) is 24.8 Å². The first-order valence-corrected chi connectivity index (χ1v) is 11.0. The van der Waals surface area contributed by atoms with E-state index in [1.165, 1.54) is 18.0 Å². The number of carbonyl (C=O) groups is 2. The Hall–Kier alpha value is -3.20. The van der Waals surface area contributed by atoms with Crippen LogP contribution in [-0.2, 0) is 19.6 Å². The molecule has 0 aromatic heterocycles. The summed E-state index contributed by atoms with van der Waals surface area (Å²) in [5.74, 6) is -0.773. The molecule has 1 aliphatic heterocycles. The molecule has 1 aliphatic rings. The van der Waals surface area contributed by atoms with E-state index in [2.05, 4.69) is 15.0 Å². The number of nitrogens with one attached hydrogen (secondary N) is 2. The van der Waals surface area contributed by atoms with E-state index < -0.39 is 16.1 Å². The lowest BCUT2D eigenvalue weighted by molar-refractivity contribution is -0.135. The third-order valence-corrected chi connectivity index (χ3v) is 6.03. The quantitative estimate of drug-likeness (QED) is 0.732. The Morgan fingerprint density at radius 3 is 2.37 bits per heavy atom. The molecule has 2 aromatic carbocycles. The topological polar surface area (TPSA) is 108 Å². The second-order valence-electron chi connectivity index (χ2n) is 7.38. The van der Waals surface area contributed by atoms with Crippen LogP contribution in [0.15, 0.2) is 64.5 Å². The van der Waals surface area contributed by atoms with Crippen LogP contribution in [0.25, 0.3) is 0 Å². The van der Waals surface area contributed by atoms with E-state index >= 15 is 0 Å². The van der Waals surface area contributed by atoms with E-state index in [0.29, 0.717) is 11.3 Å². The molecule has 2 amide bonds. The number of para-hydroxylation sites is 1. The number of fused-ring (bicyclic) bond motifs is 1. The standard InChI is InChI=1S/C21H24N4O4S/c1-14(2)19(23-20-16-11-7-8-12-17(16)30(28,29)24-20)21(27)25(3)13-18(26)22-15-9-5-4-6-10-15/h4-12,14,19H,13H2,1-3H3,(H,22,26)(H,23,24)/t19-/m0/s1. The zero-order chi connectivity index (χ0) is 21.9. The van der Waals surface area contributed by atoms with Crippen LogP contribution in [0.1, 0.15) is 19.4 Å². The summed E-state index contributed by atoms with van der Waals surface area (Å²) >= 11 is 0. The highest BCUT2D eigenvalue weighted by atomic mass is 32.2. The molecular weight excluding hydrogens is 404 g/mol. The number of carbonyl (C=O) groups excluding carboxylic acids is 2. The molecule has 9 heteroatoms. The highest BCUT2D eigenvalue weighted by Crippen LogP contribution is 2.23. The molecule has 0 unspecified atom stereocenters. The van der Waals surface area contributed by atoms with Gasteiger partial charge in [-0.05, 0) is 30.2 Å². The first kappa shape index (κ1) is 21.5. The molecule has 0 bridgehead atoms. The van der Waals surface area contributed by atoms with Crippen molar-refractivity contribution in [1.82, 2.24) is 9.62 Å². The number of amides is 2. The normalized spacial score (nSPS) is 16.6. The van der Waals surface area contributed by atoms with Crippen LogP contribution in [0.3, 0.4) is 0 Å². The van der Waals surface area contributed by atoms with Gasteiger partial charge in [0.1, 0.15) is 11.9 Å². The fourth-order valence-electron chi connectivity index (χ4n) is 3.10. The van der Waals surface area contributed by atoms with E-state index in [1.807, 2.05) is 19.9 Å². The van der Waals surface area contributed by atoms with Crippen molar-refractivity contribution >= 4 is 33.4 Å². The van der Waals surface area contributed by atoms with Crippen molar-refractivity contribution in [2.24, 2.45) is 10.9 Å². The summed E-state index contributed by atoms with van der Waals surface area (Å²) in [5.41, 5.74) is 1.07. The van der Waals surface area contributed by atoms with Crippen LogP contribution < -0.4 is 10.0 Å². The average Bonchev–Trinajstić information content (AvgIpc) is 2.96. The Kier molecular flexibility index (Phi) is 6.21. The predicted molar refractivity (Wildman–Crippen MR) is 115 cm³/mol. The van der Waals surface area contributed by atoms with Crippen molar-refractivity contribution < 1.29 is 18.0 Å². The van der Waals surface area contributed by atoms with Gasteiger partial charge in [-0.2, -0.15) is 0 Å². The number of aliphatic imine (C=N–C) groups is 1. The number of anilines is 1. The van der Waals surface area contributed by atoms with Gasteiger partial charge in [0.05, 0.1) is 11.4 Å². The Labute approximate surface area is 176 Å². The van der Waals surface area contributed by atoms with Crippen molar-refractivity contribution in [3.8, 4) is 0 Å². The van der Waals surface area contributed by atoms with Gasteiger partial charge in [-0.1, -0.05) is 44.2 Å². The molecule has 3 rings (SSSR count). The number of sulfonamides is 1. The van der Waals surface area contributed by atoms with Crippen molar-refractivity contribution in [3.05, 3.63) is 60.2 Å². The van der Waals surface area contributed by atoms with Crippen LogP contribution in [-0.4, -0.2) is 50.6 Å². The number of hydrogen-bond acceptors (Lipinski definition) is 5. The number of benzene rings is 2. The van der Waals surface area contributed by atoms with E-state index in [0.717, 1.165) is 0 Å². The van der Waals surface area contributed by atoms with Gasteiger partial charge in [0.25, 0.3) is 10.0 Å². The number of amidine groups is 1. The Morgan fingerprint density at radius 1 is 1.07 bits per heavy atom. The zero-order valence-electron chi connectivity index (χ0n) is 17.0. The minimum Gasteiger partial charge on any atom is -0.335 e. The van der Waals surface area contributed by atoms with Crippen molar-refractivity contribution in [2.75, 3.05) is 18.9 Å². The molecule has 0 fully saturated rings. The molecule has 1 atom stereocenters. The highest BCUT2D eigenvalue weighted by Gasteiger charge is 2.33. The van der Waals surface area contributed by atoms with Crippen LogP contribution in [0, 0.1) is 5.92 Å².